The van der Waals surface area contributed by atoms with E-state index < -0.39 is 0 Å². The lowest BCUT2D eigenvalue weighted by atomic mass is 9.98. The first-order chi connectivity index (χ1) is 17.2. The summed E-state index contributed by atoms with van der Waals surface area (Å²) in [7, 11) is 0. The molecule has 0 aliphatic carbocycles. The monoisotopic (exact) mass is 523 g/mol. The van der Waals surface area contributed by atoms with E-state index in [1.165, 1.54) is 11.8 Å². The van der Waals surface area contributed by atoms with Gasteiger partial charge >= 0.3 is 0 Å². The molecule has 1 N–H and O–H groups in total. The molecule has 1 aliphatic rings. The molecule has 5 rings (SSSR count). The molecule has 1 amide bonds. The number of nitrogens with one attached hydrogen (secondary N) is 1. The molecular formula is C28H22BrN5O. The summed E-state index contributed by atoms with van der Waals surface area (Å²) in [5.74, 6) is -0.303. The zero-order valence-corrected chi connectivity index (χ0v) is 20.3. The fourth-order valence-corrected chi connectivity index (χ4v) is 4.20. The fraction of sp³-hybridized carbons (Fsp3) is 0.0714. The van der Waals surface area contributed by atoms with E-state index in [9.17, 15) is 4.79 Å². The first kappa shape index (κ1) is 22.7. The van der Waals surface area contributed by atoms with Crippen molar-refractivity contribution in [3.8, 4) is 0 Å². The standard InChI is InChI=1S/C28H22BrN5O/c29-24-12-10-22(11-13-24)27-17-26(21-5-2-1-3-6-21)33-34(27)25-14-8-20(9-15-25)18-31-32-28(35)23-7-4-16-30-19-23/h1-16,18-19,27H,17H2,(H,32,35)/b31-18+. The van der Waals surface area contributed by atoms with Crippen molar-refractivity contribution in [1.29, 1.82) is 0 Å². The van der Waals surface area contributed by atoms with Gasteiger partial charge in [0.2, 0.25) is 0 Å². The molecule has 1 aromatic heterocycles. The molecule has 0 spiro atoms. The third-order valence-corrected chi connectivity index (χ3v) is 6.26. The van der Waals surface area contributed by atoms with E-state index in [0.717, 1.165) is 33.4 Å². The number of pyridine rings is 1. The third kappa shape index (κ3) is 5.36. The predicted octanol–water partition coefficient (Wildman–Crippen LogP) is 5.96. The van der Waals surface area contributed by atoms with Crippen molar-refractivity contribution >= 4 is 39.5 Å². The number of hydrogen-bond donors (Lipinski definition) is 1. The van der Waals surface area contributed by atoms with Crippen LogP contribution in [0.2, 0.25) is 0 Å². The highest BCUT2D eigenvalue weighted by atomic mass is 79.9. The van der Waals surface area contributed by atoms with Gasteiger partial charge in [0.1, 0.15) is 0 Å². The number of halogens is 1. The number of rotatable bonds is 6. The molecule has 3 aromatic carbocycles. The van der Waals surface area contributed by atoms with Gasteiger partial charge in [-0.1, -0.05) is 70.5 Å². The van der Waals surface area contributed by atoms with Crippen molar-refractivity contribution in [1.82, 2.24) is 10.4 Å². The van der Waals surface area contributed by atoms with E-state index in [1.54, 1.807) is 24.5 Å². The number of carbonyl (C=O) groups is 1. The summed E-state index contributed by atoms with van der Waals surface area (Å²) in [5.41, 5.74) is 8.23. The van der Waals surface area contributed by atoms with Gasteiger partial charge in [0.25, 0.3) is 5.91 Å². The number of benzene rings is 3. The Kier molecular flexibility index (Phi) is 6.77. The van der Waals surface area contributed by atoms with Crippen LogP contribution in [0.1, 0.15) is 39.5 Å². The Morgan fingerprint density at radius 2 is 1.74 bits per heavy atom. The van der Waals surface area contributed by atoms with Gasteiger partial charge < -0.3 is 0 Å². The molecule has 0 saturated carbocycles. The Balaban J connectivity index is 1.35. The second kappa shape index (κ2) is 10.4. The van der Waals surface area contributed by atoms with Gasteiger partial charge in [0, 0.05) is 23.3 Å². The van der Waals surface area contributed by atoms with Gasteiger partial charge in [0.15, 0.2) is 0 Å². The molecule has 6 nitrogen and oxygen atoms in total. The molecule has 7 heteroatoms. The summed E-state index contributed by atoms with van der Waals surface area (Å²) in [6.45, 7) is 0. The first-order valence-corrected chi connectivity index (χ1v) is 12.0. The molecule has 0 radical (unpaired) electrons. The zero-order valence-electron chi connectivity index (χ0n) is 18.8. The number of anilines is 1. The molecule has 0 saturated heterocycles. The van der Waals surface area contributed by atoms with Crippen molar-refractivity contribution < 1.29 is 4.79 Å². The van der Waals surface area contributed by atoms with Crippen LogP contribution in [0.5, 0.6) is 0 Å². The second-order valence-corrected chi connectivity index (χ2v) is 8.98. The summed E-state index contributed by atoms with van der Waals surface area (Å²) in [4.78, 5) is 16.1. The second-order valence-electron chi connectivity index (χ2n) is 8.06. The van der Waals surface area contributed by atoms with Crippen LogP contribution in [0.15, 0.2) is 118 Å². The minimum atomic E-state index is -0.303. The topological polar surface area (TPSA) is 70.0 Å². The highest BCUT2D eigenvalue weighted by Gasteiger charge is 2.29. The number of nitrogens with zero attached hydrogens (tertiary/aromatic N) is 4. The van der Waals surface area contributed by atoms with Crippen molar-refractivity contribution in [2.24, 2.45) is 10.2 Å². The van der Waals surface area contributed by atoms with E-state index >= 15 is 0 Å². The van der Waals surface area contributed by atoms with Gasteiger partial charge in [0.05, 0.1) is 29.2 Å². The highest BCUT2D eigenvalue weighted by molar-refractivity contribution is 9.10. The molecule has 2 heterocycles. The number of amides is 1. The number of carbonyl (C=O) groups excluding carboxylic acids is 1. The summed E-state index contributed by atoms with van der Waals surface area (Å²) in [5, 5.41) is 11.1. The summed E-state index contributed by atoms with van der Waals surface area (Å²) in [6.07, 6.45) is 5.56. The van der Waals surface area contributed by atoms with Gasteiger partial charge in [-0.3, -0.25) is 14.8 Å². The Morgan fingerprint density at radius 3 is 2.46 bits per heavy atom. The fourth-order valence-electron chi connectivity index (χ4n) is 3.94. The van der Waals surface area contributed by atoms with Crippen molar-refractivity contribution in [3.63, 3.8) is 0 Å². The largest absolute Gasteiger partial charge is 0.272 e. The minimum absolute atomic E-state index is 0.0941. The SMILES string of the molecule is O=C(N/N=C/c1ccc(N2N=C(c3ccccc3)CC2c2ccc(Br)cc2)cc1)c1cccnc1. The van der Waals surface area contributed by atoms with E-state index in [4.69, 9.17) is 5.10 Å². The Hall–Kier alpha value is -4.10. The third-order valence-electron chi connectivity index (χ3n) is 5.73. The first-order valence-electron chi connectivity index (χ1n) is 11.2. The summed E-state index contributed by atoms with van der Waals surface area (Å²) >= 11 is 3.53. The summed E-state index contributed by atoms with van der Waals surface area (Å²) < 4.78 is 1.05. The van der Waals surface area contributed by atoms with E-state index in [1.807, 2.05) is 42.5 Å². The average molecular weight is 524 g/mol. The lowest BCUT2D eigenvalue weighted by Crippen LogP contribution is -2.18. The van der Waals surface area contributed by atoms with Crippen LogP contribution in [-0.2, 0) is 0 Å². The number of aromatic nitrogens is 1. The predicted molar refractivity (Wildman–Crippen MR) is 143 cm³/mol. The number of hydrazone groups is 2. The van der Waals surface area contributed by atoms with Gasteiger partial charge in [-0.2, -0.15) is 10.2 Å². The highest BCUT2D eigenvalue weighted by Crippen LogP contribution is 2.37. The maximum absolute atomic E-state index is 12.1. The zero-order chi connectivity index (χ0) is 24.0. The van der Waals surface area contributed by atoms with Crippen LogP contribution < -0.4 is 10.4 Å². The van der Waals surface area contributed by atoms with Crippen LogP contribution in [0.3, 0.4) is 0 Å². The maximum atomic E-state index is 12.1. The molecule has 35 heavy (non-hydrogen) atoms. The lowest BCUT2D eigenvalue weighted by Gasteiger charge is -2.24. The van der Waals surface area contributed by atoms with Crippen LogP contribution >= 0.6 is 15.9 Å². The van der Waals surface area contributed by atoms with Gasteiger partial charge in [-0.15, -0.1) is 0 Å². The molecular weight excluding hydrogens is 502 g/mol. The van der Waals surface area contributed by atoms with Crippen molar-refractivity contribution in [2.75, 3.05) is 5.01 Å². The normalized spacial score (nSPS) is 15.3. The minimum Gasteiger partial charge on any atom is -0.267 e. The van der Waals surface area contributed by atoms with E-state index in [0.29, 0.717) is 5.56 Å². The Labute approximate surface area is 212 Å². The quantitative estimate of drug-likeness (QED) is 0.250. The van der Waals surface area contributed by atoms with Crippen molar-refractivity contribution in [2.45, 2.75) is 12.5 Å². The molecule has 0 fully saturated rings. The van der Waals surface area contributed by atoms with Crippen molar-refractivity contribution in [3.05, 3.63) is 130 Å². The van der Waals surface area contributed by atoms with E-state index in [2.05, 4.69) is 72.8 Å². The van der Waals surface area contributed by atoms with Gasteiger partial charge in [-0.25, -0.2) is 5.43 Å². The molecule has 4 aromatic rings. The summed E-state index contributed by atoms with van der Waals surface area (Å²) in [6, 6.07) is 30.1. The lowest BCUT2D eigenvalue weighted by molar-refractivity contribution is 0.0955. The maximum Gasteiger partial charge on any atom is 0.272 e. The van der Waals surface area contributed by atoms with Crippen LogP contribution in [0.25, 0.3) is 0 Å². The molecule has 1 aliphatic heterocycles. The van der Waals surface area contributed by atoms with Crippen LogP contribution in [-0.4, -0.2) is 22.8 Å². The van der Waals surface area contributed by atoms with E-state index in [-0.39, 0.29) is 11.9 Å². The smallest absolute Gasteiger partial charge is 0.267 e. The Morgan fingerprint density at radius 1 is 0.971 bits per heavy atom. The molecule has 1 atom stereocenters. The Bertz CT molecular complexity index is 1350. The van der Waals surface area contributed by atoms with Crippen LogP contribution in [0.4, 0.5) is 5.69 Å². The van der Waals surface area contributed by atoms with Crippen LogP contribution in [0, 0.1) is 0 Å². The average Bonchev–Trinajstić information content (AvgIpc) is 3.36. The molecule has 0 bridgehead atoms. The molecule has 1 unspecified atom stereocenters. The molecule has 172 valence electrons. The van der Waals surface area contributed by atoms with Gasteiger partial charge in [-0.05, 0) is 53.1 Å². The number of hydrogen-bond acceptors (Lipinski definition) is 5.